The Kier molecular flexibility index (Phi) is 7.87. The highest BCUT2D eigenvalue weighted by Gasteiger charge is 2.36. The van der Waals surface area contributed by atoms with Gasteiger partial charge in [-0.15, -0.1) is 0 Å². The summed E-state index contributed by atoms with van der Waals surface area (Å²) < 4.78 is 5.81. The van der Waals surface area contributed by atoms with E-state index in [0.29, 0.717) is 6.42 Å². The highest BCUT2D eigenvalue weighted by molar-refractivity contribution is 4.85. The zero-order valence-electron chi connectivity index (χ0n) is 12.0. The van der Waals surface area contributed by atoms with Crippen molar-refractivity contribution in [3.8, 4) is 0 Å². The summed E-state index contributed by atoms with van der Waals surface area (Å²) >= 11 is 0. The molecule has 1 aliphatic heterocycles. The Morgan fingerprint density at radius 2 is 1.78 bits per heavy atom. The van der Waals surface area contributed by atoms with Gasteiger partial charge in [0.05, 0.1) is 24.4 Å². The monoisotopic (exact) mass is 258 g/mol. The molecule has 2 N–H and O–H groups in total. The predicted octanol–water partition coefficient (Wildman–Crippen LogP) is 3.03. The van der Waals surface area contributed by atoms with E-state index in [4.69, 9.17) is 4.74 Å². The number of ether oxygens (including phenoxy) is 1. The Hall–Kier alpha value is -0.120. The van der Waals surface area contributed by atoms with Gasteiger partial charge in [0.2, 0.25) is 0 Å². The third-order valence-electron chi connectivity index (χ3n) is 3.88. The molecule has 108 valence electrons. The van der Waals surface area contributed by atoms with Gasteiger partial charge in [-0.3, -0.25) is 0 Å². The molecule has 0 amide bonds. The molecule has 1 saturated heterocycles. The maximum Gasteiger partial charge on any atom is 0.0864 e. The molecule has 0 aromatic rings. The fraction of sp³-hybridized carbons (Fsp3) is 1.00. The van der Waals surface area contributed by atoms with E-state index in [0.717, 1.165) is 32.1 Å². The zero-order valence-corrected chi connectivity index (χ0v) is 12.0. The van der Waals surface area contributed by atoms with Crippen LogP contribution in [0.5, 0.6) is 0 Å². The molecule has 0 aliphatic carbocycles. The van der Waals surface area contributed by atoms with Crippen LogP contribution in [0.2, 0.25) is 0 Å². The van der Waals surface area contributed by atoms with Gasteiger partial charge in [0.15, 0.2) is 0 Å². The van der Waals surface area contributed by atoms with E-state index < -0.39 is 6.10 Å². The van der Waals surface area contributed by atoms with E-state index in [2.05, 4.69) is 13.8 Å². The summed E-state index contributed by atoms with van der Waals surface area (Å²) in [5, 5.41) is 20.0. The Balaban J connectivity index is 2.24. The lowest BCUT2D eigenvalue weighted by atomic mass is 10.0. The Morgan fingerprint density at radius 1 is 1.11 bits per heavy atom. The molecule has 0 saturated carbocycles. The third kappa shape index (κ3) is 5.25. The SMILES string of the molecule is CCCCC[C@@H](O)[C@@H]1C[C@@H](O)[C@@H](CCCCC)O1. The largest absolute Gasteiger partial charge is 0.390 e. The summed E-state index contributed by atoms with van der Waals surface area (Å²) in [6, 6.07) is 0. The molecule has 3 nitrogen and oxygen atoms in total. The first-order chi connectivity index (χ1) is 8.69. The zero-order chi connectivity index (χ0) is 13.4. The number of aliphatic hydroxyl groups is 2. The van der Waals surface area contributed by atoms with Crippen molar-refractivity contribution in [2.45, 2.75) is 96.1 Å². The van der Waals surface area contributed by atoms with Crippen LogP contribution in [0.4, 0.5) is 0 Å². The van der Waals surface area contributed by atoms with Crippen molar-refractivity contribution in [3.05, 3.63) is 0 Å². The van der Waals surface area contributed by atoms with Crippen molar-refractivity contribution in [1.29, 1.82) is 0 Å². The van der Waals surface area contributed by atoms with Crippen LogP contribution < -0.4 is 0 Å². The van der Waals surface area contributed by atoms with Crippen LogP contribution in [-0.4, -0.2) is 34.6 Å². The minimum atomic E-state index is -0.401. The first-order valence-corrected chi connectivity index (χ1v) is 7.70. The van der Waals surface area contributed by atoms with E-state index in [-0.39, 0.29) is 18.3 Å². The van der Waals surface area contributed by atoms with E-state index in [9.17, 15) is 10.2 Å². The molecular weight excluding hydrogens is 228 g/mol. The van der Waals surface area contributed by atoms with Gasteiger partial charge < -0.3 is 14.9 Å². The van der Waals surface area contributed by atoms with Crippen LogP contribution >= 0.6 is 0 Å². The Labute approximate surface area is 112 Å². The molecule has 0 unspecified atom stereocenters. The van der Waals surface area contributed by atoms with Crippen LogP contribution in [0.25, 0.3) is 0 Å². The van der Waals surface area contributed by atoms with Crippen LogP contribution in [-0.2, 0) is 4.74 Å². The van der Waals surface area contributed by atoms with Crippen molar-refractivity contribution in [1.82, 2.24) is 0 Å². The van der Waals surface area contributed by atoms with Crippen molar-refractivity contribution in [2.75, 3.05) is 0 Å². The van der Waals surface area contributed by atoms with E-state index in [1.807, 2.05) is 0 Å². The number of unbranched alkanes of at least 4 members (excludes halogenated alkanes) is 4. The van der Waals surface area contributed by atoms with Crippen molar-refractivity contribution in [2.24, 2.45) is 0 Å². The van der Waals surface area contributed by atoms with Gasteiger partial charge in [-0.2, -0.15) is 0 Å². The molecule has 0 bridgehead atoms. The van der Waals surface area contributed by atoms with Crippen molar-refractivity contribution < 1.29 is 14.9 Å². The van der Waals surface area contributed by atoms with Crippen LogP contribution in [0.15, 0.2) is 0 Å². The summed E-state index contributed by atoms with van der Waals surface area (Å²) in [6.45, 7) is 4.33. The molecular formula is C15H30O3. The highest BCUT2D eigenvalue weighted by atomic mass is 16.5. The predicted molar refractivity (Wildman–Crippen MR) is 73.6 cm³/mol. The number of hydrogen-bond donors (Lipinski definition) is 2. The van der Waals surface area contributed by atoms with Gasteiger partial charge in [0, 0.05) is 6.42 Å². The second-order valence-electron chi connectivity index (χ2n) is 5.57. The summed E-state index contributed by atoms with van der Waals surface area (Å²) in [6.07, 6.45) is 8.20. The second-order valence-corrected chi connectivity index (χ2v) is 5.57. The first kappa shape index (κ1) is 15.9. The lowest BCUT2D eigenvalue weighted by Crippen LogP contribution is -2.26. The average Bonchev–Trinajstić information content (AvgIpc) is 2.72. The lowest BCUT2D eigenvalue weighted by Gasteiger charge is -2.19. The minimum Gasteiger partial charge on any atom is -0.390 e. The van der Waals surface area contributed by atoms with Gasteiger partial charge in [-0.25, -0.2) is 0 Å². The maximum atomic E-state index is 10.0. The Morgan fingerprint density at radius 3 is 2.44 bits per heavy atom. The fourth-order valence-corrected chi connectivity index (χ4v) is 2.65. The summed E-state index contributed by atoms with van der Waals surface area (Å²) in [5.74, 6) is 0. The normalized spacial score (nSPS) is 29.7. The molecule has 4 atom stereocenters. The average molecular weight is 258 g/mol. The van der Waals surface area contributed by atoms with Gasteiger partial charge in [-0.05, 0) is 12.8 Å². The third-order valence-corrected chi connectivity index (χ3v) is 3.88. The van der Waals surface area contributed by atoms with Gasteiger partial charge >= 0.3 is 0 Å². The number of hydrogen-bond acceptors (Lipinski definition) is 3. The molecule has 1 aliphatic rings. The standard InChI is InChI=1S/C15H30O3/c1-3-5-7-9-12(16)15-11-13(17)14(18-15)10-8-6-4-2/h12-17H,3-11H2,1-2H3/t12-,13-,14-,15+/m1/s1. The van der Waals surface area contributed by atoms with Crippen molar-refractivity contribution >= 4 is 0 Å². The van der Waals surface area contributed by atoms with E-state index >= 15 is 0 Å². The summed E-state index contributed by atoms with van der Waals surface area (Å²) in [7, 11) is 0. The highest BCUT2D eigenvalue weighted by Crippen LogP contribution is 2.28. The minimum absolute atomic E-state index is 0.0534. The number of rotatable bonds is 9. The smallest absolute Gasteiger partial charge is 0.0864 e. The van der Waals surface area contributed by atoms with Crippen LogP contribution in [0.3, 0.4) is 0 Å². The van der Waals surface area contributed by atoms with Gasteiger partial charge in [0.1, 0.15) is 0 Å². The first-order valence-electron chi connectivity index (χ1n) is 7.70. The quantitative estimate of drug-likeness (QED) is 0.625. The second kappa shape index (κ2) is 8.89. The van der Waals surface area contributed by atoms with E-state index in [1.54, 1.807) is 0 Å². The van der Waals surface area contributed by atoms with Crippen LogP contribution in [0.1, 0.15) is 71.6 Å². The summed E-state index contributed by atoms with van der Waals surface area (Å²) in [5.41, 5.74) is 0. The maximum absolute atomic E-state index is 10.0. The van der Waals surface area contributed by atoms with Crippen LogP contribution in [0, 0.1) is 0 Å². The number of aliphatic hydroxyl groups excluding tert-OH is 2. The van der Waals surface area contributed by atoms with Gasteiger partial charge in [0.25, 0.3) is 0 Å². The molecule has 1 rings (SSSR count). The van der Waals surface area contributed by atoms with E-state index in [1.165, 1.54) is 19.3 Å². The molecule has 3 heteroatoms. The molecule has 0 radical (unpaired) electrons. The molecule has 18 heavy (non-hydrogen) atoms. The molecule has 1 heterocycles. The lowest BCUT2D eigenvalue weighted by molar-refractivity contribution is -0.0498. The molecule has 1 fully saturated rings. The fourth-order valence-electron chi connectivity index (χ4n) is 2.65. The van der Waals surface area contributed by atoms with Gasteiger partial charge in [-0.1, -0.05) is 52.4 Å². The molecule has 0 aromatic heterocycles. The van der Waals surface area contributed by atoms with Crippen molar-refractivity contribution in [3.63, 3.8) is 0 Å². The molecule has 0 aromatic carbocycles. The topological polar surface area (TPSA) is 49.7 Å². The molecule has 0 spiro atoms. The Bertz CT molecular complexity index is 208. The summed E-state index contributed by atoms with van der Waals surface area (Å²) in [4.78, 5) is 0.